The van der Waals surface area contributed by atoms with Crippen LogP contribution in [-0.4, -0.2) is 28.0 Å². The van der Waals surface area contributed by atoms with Crippen molar-refractivity contribution in [3.8, 4) is 5.75 Å². The number of ether oxygens (including phenoxy) is 1. The van der Waals surface area contributed by atoms with Gasteiger partial charge in [0, 0.05) is 16.6 Å². The third-order valence-electron chi connectivity index (χ3n) is 4.74. The maximum Gasteiger partial charge on any atom is 0.264 e. The molecule has 3 rings (SSSR count). The van der Waals surface area contributed by atoms with E-state index >= 15 is 0 Å². The van der Waals surface area contributed by atoms with Gasteiger partial charge in [0.25, 0.3) is 10.0 Å². The molecule has 0 aromatic heterocycles. The van der Waals surface area contributed by atoms with Gasteiger partial charge in [0.15, 0.2) is 0 Å². The van der Waals surface area contributed by atoms with Crippen molar-refractivity contribution in [3.05, 3.63) is 87.9 Å². The lowest BCUT2D eigenvalue weighted by Crippen LogP contribution is -2.41. The molecule has 32 heavy (non-hydrogen) atoms. The fourth-order valence-electron chi connectivity index (χ4n) is 3.02. The average molecular weight is 493 g/mol. The number of rotatable bonds is 8. The van der Waals surface area contributed by atoms with Gasteiger partial charge in [-0.25, -0.2) is 8.42 Å². The molecule has 3 aromatic rings. The number of hydrogen-bond donors (Lipinski definition) is 1. The van der Waals surface area contributed by atoms with Crippen LogP contribution in [0.15, 0.2) is 71.6 Å². The Bertz CT molecular complexity index is 1210. The number of nitrogens with one attached hydrogen (secondary N) is 1. The van der Waals surface area contributed by atoms with Crippen LogP contribution >= 0.6 is 23.2 Å². The second-order valence-corrected chi connectivity index (χ2v) is 9.71. The van der Waals surface area contributed by atoms with Gasteiger partial charge in [-0.15, -0.1) is 0 Å². The number of nitrogens with zero attached hydrogens (tertiary/aromatic N) is 1. The summed E-state index contributed by atoms with van der Waals surface area (Å²) in [6.07, 6.45) is 0. The van der Waals surface area contributed by atoms with Crippen molar-refractivity contribution < 1.29 is 17.9 Å². The lowest BCUT2D eigenvalue weighted by atomic mass is 10.2. The van der Waals surface area contributed by atoms with Crippen LogP contribution in [0, 0.1) is 6.92 Å². The maximum absolute atomic E-state index is 13.5. The van der Waals surface area contributed by atoms with E-state index in [0.29, 0.717) is 10.0 Å². The van der Waals surface area contributed by atoms with E-state index in [1.165, 1.54) is 25.3 Å². The van der Waals surface area contributed by atoms with Crippen LogP contribution in [0.3, 0.4) is 0 Å². The van der Waals surface area contributed by atoms with E-state index < -0.39 is 22.5 Å². The third-order valence-corrected chi connectivity index (χ3v) is 7.12. The summed E-state index contributed by atoms with van der Waals surface area (Å²) in [5, 5.41) is 3.54. The monoisotopic (exact) mass is 492 g/mol. The summed E-state index contributed by atoms with van der Waals surface area (Å²) in [5.41, 5.74) is 1.79. The van der Waals surface area contributed by atoms with Gasteiger partial charge >= 0.3 is 0 Å². The summed E-state index contributed by atoms with van der Waals surface area (Å²) in [5.74, 6) is -0.244. The van der Waals surface area contributed by atoms with E-state index in [1.54, 1.807) is 48.5 Å². The van der Waals surface area contributed by atoms with Gasteiger partial charge < -0.3 is 10.1 Å². The van der Waals surface area contributed by atoms with Crippen LogP contribution in [0.5, 0.6) is 5.75 Å². The fraction of sp³-hybridized carbons (Fsp3) is 0.174. The quantitative estimate of drug-likeness (QED) is 0.488. The Labute approximate surface area is 197 Å². The summed E-state index contributed by atoms with van der Waals surface area (Å²) in [4.78, 5) is 12.8. The van der Waals surface area contributed by atoms with Crippen molar-refractivity contribution in [1.82, 2.24) is 5.32 Å². The average Bonchev–Trinajstić information content (AvgIpc) is 2.77. The third kappa shape index (κ3) is 5.54. The SMILES string of the molecule is COc1ccc(Cl)cc1N(CC(=O)NCc1ccccc1Cl)S(=O)(=O)c1ccc(C)cc1. The predicted octanol–water partition coefficient (Wildman–Crippen LogP) is 4.82. The summed E-state index contributed by atoms with van der Waals surface area (Å²) in [7, 11) is -2.68. The van der Waals surface area contributed by atoms with Crippen molar-refractivity contribution in [3.63, 3.8) is 0 Å². The Balaban J connectivity index is 1.95. The molecule has 0 aliphatic carbocycles. The molecule has 168 valence electrons. The van der Waals surface area contributed by atoms with E-state index in [9.17, 15) is 13.2 Å². The fourth-order valence-corrected chi connectivity index (χ4v) is 4.81. The van der Waals surface area contributed by atoms with E-state index in [4.69, 9.17) is 27.9 Å². The van der Waals surface area contributed by atoms with Gasteiger partial charge in [0.1, 0.15) is 12.3 Å². The Morgan fingerprint density at radius 1 is 1.03 bits per heavy atom. The molecule has 1 N–H and O–H groups in total. The molecule has 0 radical (unpaired) electrons. The summed E-state index contributed by atoms with van der Waals surface area (Å²) >= 11 is 12.3. The molecule has 9 heteroatoms. The number of carbonyl (C=O) groups excluding carboxylic acids is 1. The number of amides is 1. The predicted molar refractivity (Wildman–Crippen MR) is 127 cm³/mol. The van der Waals surface area contributed by atoms with Crippen LogP contribution in [0.2, 0.25) is 10.0 Å². The van der Waals surface area contributed by atoms with Crippen molar-refractivity contribution in [2.75, 3.05) is 18.0 Å². The number of aryl methyl sites for hydroxylation is 1. The minimum absolute atomic E-state index is 0.0454. The first kappa shape index (κ1) is 23.9. The lowest BCUT2D eigenvalue weighted by Gasteiger charge is -2.26. The highest BCUT2D eigenvalue weighted by atomic mass is 35.5. The Morgan fingerprint density at radius 3 is 2.38 bits per heavy atom. The zero-order valence-corrected chi connectivity index (χ0v) is 19.8. The first-order valence-electron chi connectivity index (χ1n) is 9.65. The summed E-state index contributed by atoms with van der Waals surface area (Å²) in [6.45, 7) is 1.54. The number of benzene rings is 3. The molecule has 0 aliphatic heterocycles. The first-order valence-corrected chi connectivity index (χ1v) is 11.8. The minimum atomic E-state index is -4.10. The molecule has 3 aromatic carbocycles. The molecule has 0 saturated carbocycles. The number of halogens is 2. The maximum atomic E-state index is 13.5. The van der Waals surface area contributed by atoms with Gasteiger partial charge in [0.05, 0.1) is 17.7 Å². The van der Waals surface area contributed by atoms with Crippen LogP contribution < -0.4 is 14.4 Å². The van der Waals surface area contributed by atoms with Gasteiger partial charge in [-0.3, -0.25) is 9.10 Å². The number of methoxy groups -OCH3 is 1. The van der Waals surface area contributed by atoms with Crippen LogP contribution in [-0.2, 0) is 21.4 Å². The van der Waals surface area contributed by atoms with E-state index in [-0.39, 0.29) is 22.9 Å². The Kier molecular flexibility index (Phi) is 7.66. The molecule has 0 unspecified atom stereocenters. The molecular weight excluding hydrogens is 471 g/mol. The van der Waals surface area contributed by atoms with Gasteiger partial charge in [-0.1, -0.05) is 59.1 Å². The lowest BCUT2D eigenvalue weighted by molar-refractivity contribution is -0.119. The first-order chi connectivity index (χ1) is 15.2. The highest BCUT2D eigenvalue weighted by molar-refractivity contribution is 7.92. The zero-order chi connectivity index (χ0) is 23.3. The Hall–Kier alpha value is -2.74. The van der Waals surface area contributed by atoms with Crippen molar-refractivity contribution in [2.45, 2.75) is 18.4 Å². The largest absolute Gasteiger partial charge is 0.495 e. The molecule has 0 saturated heterocycles. The van der Waals surface area contributed by atoms with Crippen LogP contribution in [0.4, 0.5) is 5.69 Å². The number of anilines is 1. The standard InChI is InChI=1S/C23H22Cl2N2O4S/c1-16-7-10-19(11-8-16)32(29,30)27(21-13-18(24)9-12-22(21)31-2)15-23(28)26-14-17-5-3-4-6-20(17)25/h3-13H,14-15H2,1-2H3,(H,26,28). The van der Waals surface area contributed by atoms with Crippen molar-refractivity contribution >= 4 is 44.8 Å². The molecule has 0 fully saturated rings. The molecule has 0 bridgehead atoms. The second kappa shape index (κ2) is 10.3. The molecule has 0 atom stereocenters. The van der Waals surface area contributed by atoms with Gasteiger partial charge in [-0.2, -0.15) is 0 Å². The second-order valence-electron chi connectivity index (χ2n) is 7.01. The van der Waals surface area contributed by atoms with E-state index in [2.05, 4.69) is 5.32 Å². The molecular formula is C23H22Cl2N2O4S. The number of carbonyl (C=O) groups is 1. The van der Waals surface area contributed by atoms with Crippen molar-refractivity contribution in [2.24, 2.45) is 0 Å². The molecule has 6 nitrogen and oxygen atoms in total. The van der Waals surface area contributed by atoms with Gasteiger partial charge in [-0.05, 0) is 48.9 Å². The van der Waals surface area contributed by atoms with Crippen LogP contribution in [0.25, 0.3) is 0 Å². The summed E-state index contributed by atoms with van der Waals surface area (Å²) in [6, 6.07) is 18.1. The zero-order valence-electron chi connectivity index (χ0n) is 17.5. The minimum Gasteiger partial charge on any atom is -0.495 e. The summed E-state index contributed by atoms with van der Waals surface area (Å²) < 4.78 is 33.4. The Morgan fingerprint density at radius 2 is 1.72 bits per heavy atom. The molecule has 0 aliphatic rings. The number of hydrogen-bond acceptors (Lipinski definition) is 4. The highest BCUT2D eigenvalue weighted by Crippen LogP contribution is 2.34. The molecule has 1 amide bonds. The van der Waals surface area contributed by atoms with Gasteiger partial charge in [0.2, 0.25) is 5.91 Å². The van der Waals surface area contributed by atoms with E-state index in [1.807, 2.05) is 6.92 Å². The molecule has 0 heterocycles. The van der Waals surface area contributed by atoms with Crippen LogP contribution in [0.1, 0.15) is 11.1 Å². The smallest absolute Gasteiger partial charge is 0.264 e. The number of sulfonamides is 1. The molecule has 0 spiro atoms. The van der Waals surface area contributed by atoms with E-state index in [0.717, 1.165) is 15.4 Å². The normalized spacial score (nSPS) is 11.1. The highest BCUT2D eigenvalue weighted by Gasteiger charge is 2.29. The topological polar surface area (TPSA) is 75.7 Å². The van der Waals surface area contributed by atoms with Crippen molar-refractivity contribution in [1.29, 1.82) is 0 Å².